The number of nitrogens with zero attached hydrogens (tertiary/aromatic N) is 5. The van der Waals surface area contributed by atoms with E-state index in [-0.39, 0.29) is 0 Å². The van der Waals surface area contributed by atoms with Gasteiger partial charge in [-0.05, 0) is 18.8 Å². The first-order valence-electron chi connectivity index (χ1n) is 8.91. The van der Waals surface area contributed by atoms with Gasteiger partial charge in [0, 0.05) is 70.9 Å². The van der Waals surface area contributed by atoms with Crippen LogP contribution in [-0.4, -0.2) is 73.2 Å². The van der Waals surface area contributed by atoms with Crippen molar-refractivity contribution in [3.05, 3.63) is 5.82 Å². The van der Waals surface area contributed by atoms with Gasteiger partial charge in [0.1, 0.15) is 5.82 Å². The fraction of sp³-hybridized carbons (Fsp3) is 0.812. The summed E-state index contributed by atoms with van der Waals surface area (Å²) in [6.07, 6.45) is 3.20. The summed E-state index contributed by atoms with van der Waals surface area (Å²) in [4.78, 5) is 13.7. The van der Waals surface area contributed by atoms with Crippen molar-refractivity contribution in [3.63, 3.8) is 0 Å². The largest absolute Gasteiger partial charge is 0.381 e. The summed E-state index contributed by atoms with van der Waals surface area (Å²) in [5.74, 6) is 2.67. The van der Waals surface area contributed by atoms with Crippen molar-refractivity contribution in [2.24, 2.45) is 10.9 Å². The van der Waals surface area contributed by atoms with E-state index in [1.54, 1.807) is 0 Å². The van der Waals surface area contributed by atoms with E-state index in [9.17, 15) is 0 Å². The van der Waals surface area contributed by atoms with Crippen LogP contribution in [0.25, 0.3) is 0 Å². The molecule has 2 fully saturated rings. The van der Waals surface area contributed by atoms with E-state index in [0.717, 1.165) is 82.1 Å². The Kier molecular flexibility index (Phi) is 6.25. The van der Waals surface area contributed by atoms with Crippen LogP contribution in [-0.2, 0) is 11.2 Å². The minimum atomic E-state index is 0.700. The number of aryl methyl sites for hydroxylation is 1. The highest BCUT2D eigenvalue weighted by molar-refractivity contribution is 7.09. The lowest BCUT2D eigenvalue weighted by Crippen LogP contribution is -2.53. The molecule has 3 rings (SSSR count). The van der Waals surface area contributed by atoms with E-state index < -0.39 is 0 Å². The van der Waals surface area contributed by atoms with Crippen LogP contribution in [0.3, 0.4) is 0 Å². The molecule has 0 atom stereocenters. The van der Waals surface area contributed by atoms with Gasteiger partial charge in [-0.25, -0.2) is 4.98 Å². The van der Waals surface area contributed by atoms with Crippen LogP contribution in [0.15, 0.2) is 4.99 Å². The maximum atomic E-state index is 5.43. The Balaban J connectivity index is 1.47. The molecule has 1 N–H and O–H groups in total. The van der Waals surface area contributed by atoms with E-state index in [2.05, 4.69) is 36.4 Å². The molecule has 3 heterocycles. The third kappa shape index (κ3) is 4.36. The molecule has 0 unspecified atom stereocenters. The number of hydrogen-bond acceptors (Lipinski definition) is 6. The van der Waals surface area contributed by atoms with Crippen molar-refractivity contribution in [3.8, 4) is 0 Å². The average Bonchev–Trinajstić information content (AvgIpc) is 3.13. The SMILES string of the molecule is CCc1nsc(N2CCN(C(=NC)NCC3CCOCC3)CC2)n1. The van der Waals surface area contributed by atoms with Crippen molar-refractivity contribution >= 4 is 22.6 Å². The van der Waals surface area contributed by atoms with Crippen molar-refractivity contribution in [1.29, 1.82) is 0 Å². The maximum Gasteiger partial charge on any atom is 0.205 e. The zero-order valence-corrected chi connectivity index (χ0v) is 15.5. The molecule has 2 aliphatic rings. The summed E-state index contributed by atoms with van der Waals surface area (Å²) in [7, 11) is 1.87. The highest BCUT2D eigenvalue weighted by atomic mass is 32.1. The zero-order chi connectivity index (χ0) is 16.8. The molecule has 0 bridgehead atoms. The van der Waals surface area contributed by atoms with Crippen LogP contribution in [0.5, 0.6) is 0 Å². The van der Waals surface area contributed by atoms with Gasteiger partial charge in [0.15, 0.2) is 5.96 Å². The van der Waals surface area contributed by atoms with E-state index in [1.165, 1.54) is 11.5 Å². The zero-order valence-electron chi connectivity index (χ0n) is 14.7. The van der Waals surface area contributed by atoms with E-state index in [0.29, 0.717) is 5.92 Å². The number of ether oxygens (including phenoxy) is 1. The number of hydrogen-bond donors (Lipinski definition) is 1. The van der Waals surface area contributed by atoms with Gasteiger partial charge >= 0.3 is 0 Å². The van der Waals surface area contributed by atoms with Crippen molar-refractivity contribution in [2.75, 3.05) is 57.9 Å². The van der Waals surface area contributed by atoms with E-state index in [4.69, 9.17) is 4.74 Å². The Morgan fingerprint density at radius 3 is 2.67 bits per heavy atom. The molecule has 0 radical (unpaired) electrons. The lowest BCUT2D eigenvalue weighted by atomic mass is 10.0. The van der Waals surface area contributed by atoms with E-state index >= 15 is 0 Å². The minimum Gasteiger partial charge on any atom is -0.381 e. The number of aromatic nitrogens is 2. The summed E-state index contributed by atoms with van der Waals surface area (Å²) >= 11 is 1.51. The average molecular weight is 353 g/mol. The fourth-order valence-electron chi connectivity index (χ4n) is 3.14. The third-order valence-electron chi connectivity index (χ3n) is 4.72. The highest BCUT2D eigenvalue weighted by Crippen LogP contribution is 2.19. The number of nitrogens with one attached hydrogen (secondary N) is 1. The highest BCUT2D eigenvalue weighted by Gasteiger charge is 2.22. The Morgan fingerprint density at radius 1 is 1.29 bits per heavy atom. The lowest BCUT2D eigenvalue weighted by molar-refractivity contribution is 0.0673. The molecular weight excluding hydrogens is 324 g/mol. The van der Waals surface area contributed by atoms with Gasteiger partial charge in [-0.3, -0.25) is 4.99 Å². The predicted octanol–water partition coefficient (Wildman–Crippen LogP) is 1.22. The van der Waals surface area contributed by atoms with Crippen LogP contribution in [0.2, 0.25) is 0 Å². The quantitative estimate of drug-likeness (QED) is 0.649. The van der Waals surface area contributed by atoms with Crippen LogP contribution in [0.4, 0.5) is 5.13 Å². The van der Waals surface area contributed by atoms with Crippen molar-refractivity contribution in [2.45, 2.75) is 26.2 Å². The molecule has 7 nitrogen and oxygen atoms in total. The third-order valence-corrected chi connectivity index (χ3v) is 5.54. The number of rotatable bonds is 4. The minimum absolute atomic E-state index is 0.700. The van der Waals surface area contributed by atoms with Crippen molar-refractivity contribution in [1.82, 2.24) is 19.6 Å². The maximum absolute atomic E-state index is 5.43. The van der Waals surface area contributed by atoms with Gasteiger partial charge < -0.3 is 19.9 Å². The van der Waals surface area contributed by atoms with E-state index in [1.807, 2.05) is 7.05 Å². The summed E-state index contributed by atoms with van der Waals surface area (Å²) in [6.45, 7) is 8.75. The predicted molar refractivity (Wildman–Crippen MR) is 98.0 cm³/mol. The summed E-state index contributed by atoms with van der Waals surface area (Å²) in [5.41, 5.74) is 0. The van der Waals surface area contributed by atoms with Crippen LogP contribution in [0, 0.1) is 5.92 Å². The standard InChI is InChI=1S/C16H28N6OS/c1-3-14-19-16(24-20-14)22-8-6-21(7-9-22)15(17-2)18-12-13-4-10-23-11-5-13/h13H,3-12H2,1-2H3,(H,17,18). The van der Waals surface area contributed by atoms with Crippen molar-refractivity contribution < 1.29 is 4.74 Å². The van der Waals surface area contributed by atoms with Gasteiger partial charge in [0.25, 0.3) is 0 Å². The Morgan fingerprint density at radius 2 is 2.04 bits per heavy atom. The number of anilines is 1. The molecule has 2 aliphatic heterocycles. The van der Waals surface area contributed by atoms with Gasteiger partial charge in [-0.15, -0.1) is 0 Å². The topological polar surface area (TPSA) is 65.9 Å². The second kappa shape index (κ2) is 8.62. The molecule has 24 heavy (non-hydrogen) atoms. The first-order valence-corrected chi connectivity index (χ1v) is 9.68. The van der Waals surface area contributed by atoms with Gasteiger partial charge in [-0.2, -0.15) is 4.37 Å². The Labute approximate surface area is 148 Å². The molecule has 134 valence electrons. The fourth-order valence-corrected chi connectivity index (χ4v) is 3.95. The molecular formula is C16H28N6OS. The smallest absolute Gasteiger partial charge is 0.205 e. The molecule has 1 aromatic heterocycles. The number of aliphatic imine (C=N–C) groups is 1. The first kappa shape index (κ1) is 17.4. The van der Waals surface area contributed by atoms with Gasteiger partial charge in [-0.1, -0.05) is 6.92 Å². The molecule has 0 amide bonds. The normalized spacial score (nSPS) is 20.5. The molecule has 1 aromatic rings. The van der Waals surface area contributed by atoms with Crippen LogP contribution < -0.4 is 10.2 Å². The van der Waals surface area contributed by atoms with Crippen LogP contribution >= 0.6 is 11.5 Å². The molecule has 0 saturated carbocycles. The molecule has 0 aromatic carbocycles. The van der Waals surface area contributed by atoms with Gasteiger partial charge in [0.2, 0.25) is 5.13 Å². The first-order chi connectivity index (χ1) is 11.8. The monoisotopic (exact) mass is 352 g/mol. The molecule has 2 saturated heterocycles. The second-order valence-corrected chi connectivity index (χ2v) is 7.03. The molecule has 0 spiro atoms. The van der Waals surface area contributed by atoms with Crippen LogP contribution in [0.1, 0.15) is 25.6 Å². The number of piperazine rings is 1. The number of guanidine groups is 1. The summed E-state index contributed by atoms with van der Waals surface area (Å²) in [5, 5.41) is 4.61. The Bertz CT molecular complexity index is 534. The van der Waals surface area contributed by atoms with Gasteiger partial charge in [0.05, 0.1) is 0 Å². The molecule has 0 aliphatic carbocycles. The molecule has 8 heteroatoms. The second-order valence-electron chi connectivity index (χ2n) is 6.30. The summed E-state index contributed by atoms with van der Waals surface area (Å²) < 4.78 is 9.82. The lowest BCUT2D eigenvalue weighted by Gasteiger charge is -2.36. The Hall–Kier alpha value is -1.41. The summed E-state index contributed by atoms with van der Waals surface area (Å²) in [6, 6.07) is 0.